The van der Waals surface area contributed by atoms with Crippen LogP contribution in [0.2, 0.25) is 0 Å². The molecule has 39 heavy (non-hydrogen) atoms. The van der Waals surface area contributed by atoms with Crippen molar-refractivity contribution in [2.75, 3.05) is 13.1 Å². The molecule has 1 aliphatic carbocycles. The number of aliphatic carboxylic acids is 1. The van der Waals surface area contributed by atoms with E-state index in [2.05, 4.69) is 48.2 Å². The van der Waals surface area contributed by atoms with Crippen LogP contribution >= 0.6 is 0 Å². The van der Waals surface area contributed by atoms with Gasteiger partial charge in [0, 0.05) is 25.0 Å². The van der Waals surface area contributed by atoms with Crippen molar-refractivity contribution in [3.63, 3.8) is 0 Å². The number of β-amino-alcohol motifs (C(OH)–C–C–N with tert-alkyl or cyclic N) is 1. The van der Waals surface area contributed by atoms with E-state index >= 15 is 0 Å². The zero-order chi connectivity index (χ0) is 28.0. The molecule has 1 atom stereocenters. The van der Waals surface area contributed by atoms with Crippen LogP contribution in [-0.4, -0.2) is 49.3 Å². The average molecular weight is 551 g/mol. The van der Waals surface area contributed by atoms with E-state index in [1.807, 2.05) is 30.3 Å². The van der Waals surface area contributed by atoms with Crippen LogP contribution in [0.5, 0.6) is 0 Å². The van der Waals surface area contributed by atoms with Crippen molar-refractivity contribution in [2.45, 2.75) is 62.5 Å². The highest BCUT2D eigenvalue weighted by atomic mass is 32.2. The summed E-state index contributed by atoms with van der Waals surface area (Å²) < 4.78 is 28.5. The molecule has 7 nitrogen and oxygen atoms in total. The normalized spacial score (nSPS) is 14.7. The van der Waals surface area contributed by atoms with Crippen LogP contribution in [0, 0.1) is 5.92 Å². The lowest BCUT2D eigenvalue weighted by Gasteiger charge is -2.30. The number of benzene rings is 3. The van der Waals surface area contributed by atoms with Crippen LogP contribution in [0.1, 0.15) is 43.4 Å². The van der Waals surface area contributed by atoms with E-state index in [0.29, 0.717) is 12.3 Å². The van der Waals surface area contributed by atoms with Crippen molar-refractivity contribution in [3.05, 3.63) is 89.5 Å². The van der Waals surface area contributed by atoms with Crippen LogP contribution in [0.4, 0.5) is 0 Å². The monoisotopic (exact) mass is 550 g/mol. The molecule has 0 saturated heterocycles. The number of aliphatic hydroxyl groups excluding tert-OH is 1. The highest BCUT2D eigenvalue weighted by Gasteiger charge is 2.28. The Labute approximate surface area is 231 Å². The summed E-state index contributed by atoms with van der Waals surface area (Å²) in [4.78, 5) is 10.9. The van der Waals surface area contributed by atoms with Crippen molar-refractivity contribution in [1.82, 2.24) is 10.0 Å². The molecule has 0 bridgehead atoms. The van der Waals surface area contributed by atoms with Gasteiger partial charge in [-0.2, -0.15) is 0 Å². The van der Waals surface area contributed by atoms with Gasteiger partial charge < -0.3 is 15.5 Å². The SMILES string of the molecule is CC(C)(CC1Cc2ccccc2C1)NCC(O)CNS(=O)(=O)c1cccc(-c2ccc(CCC(=O)O)cc2)c1. The van der Waals surface area contributed by atoms with Crippen LogP contribution in [-0.2, 0) is 34.1 Å². The molecule has 3 aromatic carbocycles. The van der Waals surface area contributed by atoms with E-state index in [0.717, 1.165) is 36.0 Å². The number of carboxylic acid groups (broad SMARTS) is 1. The molecule has 0 spiro atoms. The number of hydrogen-bond donors (Lipinski definition) is 4. The molecule has 3 aromatic rings. The van der Waals surface area contributed by atoms with Gasteiger partial charge in [0.2, 0.25) is 10.0 Å². The fourth-order valence-electron chi connectivity index (χ4n) is 5.30. The number of hydrogen-bond acceptors (Lipinski definition) is 5. The highest BCUT2D eigenvalue weighted by Crippen LogP contribution is 2.32. The van der Waals surface area contributed by atoms with Gasteiger partial charge in [0.1, 0.15) is 0 Å². The molecule has 0 radical (unpaired) electrons. The predicted molar refractivity (Wildman–Crippen MR) is 153 cm³/mol. The maximum atomic E-state index is 13.0. The third kappa shape index (κ3) is 8.22. The summed E-state index contributed by atoms with van der Waals surface area (Å²) in [5, 5.41) is 22.8. The Hall–Kier alpha value is -3.04. The molecule has 0 aliphatic heterocycles. The molecular weight excluding hydrogens is 512 g/mol. The van der Waals surface area contributed by atoms with E-state index in [4.69, 9.17) is 5.11 Å². The number of rotatable bonds is 13. The Morgan fingerprint density at radius 2 is 1.62 bits per heavy atom. The molecule has 0 aromatic heterocycles. The highest BCUT2D eigenvalue weighted by molar-refractivity contribution is 7.89. The minimum absolute atomic E-state index is 0.0624. The quantitative estimate of drug-likeness (QED) is 0.254. The van der Waals surface area contributed by atoms with Crippen molar-refractivity contribution >= 4 is 16.0 Å². The lowest BCUT2D eigenvalue weighted by atomic mass is 9.88. The number of aryl methyl sites for hydroxylation is 1. The maximum absolute atomic E-state index is 13.0. The second-order valence-corrected chi connectivity index (χ2v) is 12.9. The van der Waals surface area contributed by atoms with Crippen molar-refractivity contribution in [2.24, 2.45) is 5.92 Å². The van der Waals surface area contributed by atoms with Gasteiger partial charge in [-0.3, -0.25) is 4.79 Å². The topological polar surface area (TPSA) is 116 Å². The van der Waals surface area contributed by atoms with Gasteiger partial charge in [0.25, 0.3) is 0 Å². The van der Waals surface area contributed by atoms with Gasteiger partial charge in [0.15, 0.2) is 0 Å². The molecule has 1 unspecified atom stereocenters. The first kappa shape index (κ1) is 29.0. The maximum Gasteiger partial charge on any atom is 0.303 e. The first-order chi connectivity index (χ1) is 18.5. The summed E-state index contributed by atoms with van der Waals surface area (Å²) >= 11 is 0. The zero-order valence-corrected chi connectivity index (χ0v) is 23.4. The van der Waals surface area contributed by atoms with E-state index < -0.39 is 22.1 Å². The molecule has 208 valence electrons. The van der Waals surface area contributed by atoms with Crippen molar-refractivity contribution in [3.8, 4) is 11.1 Å². The largest absolute Gasteiger partial charge is 0.481 e. The summed E-state index contributed by atoms with van der Waals surface area (Å²) in [6.07, 6.45) is 2.73. The Kier molecular flexibility index (Phi) is 9.23. The minimum Gasteiger partial charge on any atom is -0.481 e. The number of fused-ring (bicyclic) bond motifs is 1. The molecule has 4 rings (SSSR count). The summed E-state index contributed by atoms with van der Waals surface area (Å²) in [6, 6.07) is 22.6. The third-order valence-corrected chi connectivity index (χ3v) is 8.74. The Bertz CT molecular complexity index is 1360. The van der Waals surface area contributed by atoms with Crippen LogP contribution in [0.3, 0.4) is 0 Å². The fourth-order valence-corrected chi connectivity index (χ4v) is 6.42. The molecule has 1 aliphatic rings. The molecule has 4 N–H and O–H groups in total. The van der Waals surface area contributed by atoms with E-state index in [1.54, 1.807) is 12.1 Å². The third-order valence-electron chi connectivity index (χ3n) is 7.32. The van der Waals surface area contributed by atoms with Crippen molar-refractivity contribution in [1.29, 1.82) is 0 Å². The van der Waals surface area contributed by atoms with Crippen LogP contribution in [0.15, 0.2) is 77.7 Å². The molecular formula is C31H38N2O5S. The number of carboxylic acids is 1. The first-order valence-electron chi connectivity index (χ1n) is 13.4. The van der Waals surface area contributed by atoms with Gasteiger partial charge in [-0.25, -0.2) is 13.1 Å². The van der Waals surface area contributed by atoms with Crippen LogP contribution < -0.4 is 10.0 Å². The molecule has 0 fully saturated rings. The number of nitrogens with one attached hydrogen (secondary N) is 2. The summed E-state index contributed by atoms with van der Waals surface area (Å²) in [5.41, 5.74) is 5.13. The summed E-state index contributed by atoms with van der Waals surface area (Å²) in [5.74, 6) is -0.293. The molecule has 0 saturated carbocycles. The summed E-state index contributed by atoms with van der Waals surface area (Å²) in [6.45, 7) is 4.43. The smallest absolute Gasteiger partial charge is 0.303 e. The summed E-state index contributed by atoms with van der Waals surface area (Å²) in [7, 11) is -3.82. The lowest BCUT2D eigenvalue weighted by molar-refractivity contribution is -0.136. The first-order valence-corrected chi connectivity index (χ1v) is 14.9. The van der Waals surface area contributed by atoms with Crippen molar-refractivity contribution < 1.29 is 23.4 Å². The molecule has 0 heterocycles. The number of sulfonamides is 1. The van der Waals surface area contributed by atoms with Crippen LogP contribution in [0.25, 0.3) is 11.1 Å². The van der Waals surface area contributed by atoms with Gasteiger partial charge in [-0.15, -0.1) is 0 Å². The second kappa shape index (κ2) is 12.4. The number of carbonyl (C=O) groups is 1. The minimum atomic E-state index is -3.82. The Morgan fingerprint density at radius 3 is 2.26 bits per heavy atom. The second-order valence-electron chi connectivity index (χ2n) is 11.1. The van der Waals surface area contributed by atoms with Gasteiger partial charge in [-0.1, -0.05) is 60.7 Å². The standard InChI is InChI=1S/C31H38N2O5S/c1-31(2,19-23-16-25-6-3-4-7-26(25)17-23)32-20-28(34)21-33-39(37,38)29-9-5-8-27(18-29)24-13-10-22(11-14-24)12-15-30(35)36/h3-11,13-14,18,23,28,32-34H,12,15-17,19-21H2,1-2H3,(H,35,36). The fraction of sp³-hybridized carbons (Fsp3) is 0.387. The number of aliphatic hydroxyl groups is 1. The molecule has 8 heteroatoms. The Morgan fingerprint density at radius 1 is 0.949 bits per heavy atom. The molecule has 0 amide bonds. The van der Waals surface area contributed by atoms with Gasteiger partial charge in [-0.05, 0) is 85.4 Å². The predicted octanol–water partition coefficient (Wildman–Crippen LogP) is 4.18. The van der Waals surface area contributed by atoms with Gasteiger partial charge in [0.05, 0.1) is 11.0 Å². The van der Waals surface area contributed by atoms with E-state index in [-0.39, 0.29) is 29.9 Å². The van der Waals surface area contributed by atoms with E-state index in [1.165, 1.54) is 17.2 Å². The average Bonchev–Trinajstić information content (AvgIpc) is 3.31. The zero-order valence-electron chi connectivity index (χ0n) is 22.6. The van der Waals surface area contributed by atoms with E-state index in [9.17, 15) is 18.3 Å². The Balaban J connectivity index is 1.28. The van der Waals surface area contributed by atoms with Gasteiger partial charge >= 0.3 is 5.97 Å². The lowest BCUT2D eigenvalue weighted by Crippen LogP contribution is -2.47.